The third-order valence-corrected chi connectivity index (χ3v) is 4.49. The van der Waals surface area contributed by atoms with E-state index < -0.39 is 0 Å². The predicted octanol–water partition coefficient (Wildman–Crippen LogP) is 4.72. The maximum Gasteiger partial charge on any atom is 0.0377 e. The molecule has 0 radical (unpaired) electrons. The van der Waals surface area contributed by atoms with Crippen LogP contribution in [0.1, 0.15) is 31.2 Å². The molecule has 16 heavy (non-hydrogen) atoms. The number of nitrogens with zero attached hydrogens (tertiary/aromatic N) is 1. The topological polar surface area (TPSA) is 3.24 Å². The quantitative estimate of drug-likeness (QED) is 0.700. The van der Waals surface area contributed by atoms with E-state index in [-0.39, 0.29) is 0 Å². The van der Waals surface area contributed by atoms with Gasteiger partial charge in [0.2, 0.25) is 0 Å². The van der Waals surface area contributed by atoms with Gasteiger partial charge in [0.1, 0.15) is 0 Å². The van der Waals surface area contributed by atoms with E-state index in [1.165, 1.54) is 54.5 Å². The van der Waals surface area contributed by atoms with Gasteiger partial charge in [0, 0.05) is 28.6 Å². The van der Waals surface area contributed by atoms with Crippen molar-refractivity contribution in [2.75, 3.05) is 18.0 Å². The largest absolute Gasteiger partial charge is 0.372 e. The standard InChI is InChI=1S/C13H17Br2N/c14-10-11-5-6-12(9-13(11)15)16-7-3-1-2-4-8-16/h5-6,9H,1-4,7-8,10H2. The van der Waals surface area contributed by atoms with Gasteiger partial charge >= 0.3 is 0 Å². The molecular weight excluding hydrogens is 330 g/mol. The maximum absolute atomic E-state index is 3.64. The van der Waals surface area contributed by atoms with Crippen molar-refractivity contribution in [3.63, 3.8) is 0 Å². The molecule has 2 rings (SSSR count). The van der Waals surface area contributed by atoms with E-state index in [4.69, 9.17) is 0 Å². The zero-order chi connectivity index (χ0) is 11.4. The lowest BCUT2D eigenvalue weighted by Crippen LogP contribution is -2.23. The van der Waals surface area contributed by atoms with Crippen molar-refractivity contribution in [1.82, 2.24) is 0 Å². The Bertz CT molecular complexity index is 344. The van der Waals surface area contributed by atoms with E-state index in [2.05, 4.69) is 55.0 Å². The number of halogens is 2. The van der Waals surface area contributed by atoms with Gasteiger partial charge < -0.3 is 4.90 Å². The summed E-state index contributed by atoms with van der Waals surface area (Å²) in [7, 11) is 0. The van der Waals surface area contributed by atoms with Gasteiger partial charge in [-0.05, 0) is 30.5 Å². The zero-order valence-corrected chi connectivity index (χ0v) is 12.6. The highest BCUT2D eigenvalue weighted by Gasteiger charge is 2.10. The van der Waals surface area contributed by atoms with Crippen LogP contribution in [0.4, 0.5) is 5.69 Å². The van der Waals surface area contributed by atoms with Crippen LogP contribution in [0.15, 0.2) is 22.7 Å². The molecule has 1 saturated heterocycles. The molecule has 1 aromatic rings. The second-order valence-electron chi connectivity index (χ2n) is 4.31. The maximum atomic E-state index is 3.64. The molecule has 0 unspecified atom stereocenters. The molecule has 0 spiro atoms. The molecule has 1 aliphatic rings. The normalized spacial score (nSPS) is 17.2. The minimum Gasteiger partial charge on any atom is -0.372 e. The van der Waals surface area contributed by atoms with Gasteiger partial charge in [-0.1, -0.05) is 50.8 Å². The molecule has 0 N–H and O–H groups in total. The monoisotopic (exact) mass is 345 g/mol. The van der Waals surface area contributed by atoms with Crippen LogP contribution in [-0.4, -0.2) is 13.1 Å². The second-order valence-corrected chi connectivity index (χ2v) is 5.73. The fourth-order valence-electron chi connectivity index (χ4n) is 2.17. The first-order valence-electron chi connectivity index (χ1n) is 5.90. The Balaban J connectivity index is 2.16. The van der Waals surface area contributed by atoms with Crippen LogP contribution in [0.2, 0.25) is 0 Å². The third-order valence-electron chi connectivity index (χ3n) is 3.15. The van der Waals surface area contributed by atoms with E-state index in [1.807, 2.05) is 0 Å². The van der Waals surface area contributed by atoms with Crippen LogP contribution >= 0.6 is 31.9 Å². The summed E-state index contributed by atoms with van der Waals surface area (Å²) in [5.41, 5.74) is 2.68. The zero-order valence-electron chi connectivity index (χ0n) is 9.38. The summed E-state index contributed by atoms with van der Waals surface area (Å²) in [6.07, 6.45) is 5.43. The van der Waals surface area contributed by atoms with Gasteiger partial charge in [0.25, 0.3) is 0 Å². The average molecular weight is 347 g/mol. The van der Waals surface area contributed by atoms with Gasteiger partial charge in [0.15, 0.2) is 0 Å². The smallest absolute Gasteiger partial charge is 0.0377 e. The molecule has 1 aliphatic heterocycles. The van der Waals surface area contributed by atoms with Crippen LogP contribution in [0.5, 0.6) is 0 Å². The Morgan fingerprint density at radius 1 is 1.06 bits per heavy atom. The second kappa shape index (κ2) is 6.06. The van der Waals surface area contributed by atoms with Gasteiger partial charge in [-0.2, -0.15) is 0 Å². The first-order chi connectivity index (χ1) is 7.81. The average Bonchev–Trinajstić information content (AvgIpc) is 2.57. The highest BCUT2D eigenvalue weighted by atomic mass is 79.9. The van der Waals surface area contributed by atoms with E-state index in [0.717, 1.165) is 5.33 Å². The van der Waals surface area contributed by atoms with E-state index in [1.54, 1.807) is 0 Å². The molecule has 0 aliphatic carbocycles. The molecule has 0 saturated carbocycles. The summed E-state index contributed by atoms with van der Waals surface area (Å²) in [5.74, 6) is 0. The van der Waals surface area contributed by atoms with E-state index in [9.17, 15) is 0 Å². The van der Waals surface area contributed by atoms with Crippen LogP contribution < -0.4 is 4.90 Å². The molecular formula is C13H17Br2N. The lowest BCUT2D eigenvalue weighted by Gasteiger charge is -2.23. The van der Waals surface area contributed by atoms with Gasteiger partial charge in [0.05, 0.1) is 0 Å². The summed E-state index contributed by atoms with van der Waals surface area (Å²) >= 11 is 7.13. The Kier molecular flexibility index (Phi) is 4.71. The number of anilines is 1. The predicted molar refractivity (Wildman–Crippen MR) is 77.5 cm³/mol. The van der Waals surface area contributed by atoms with Gasteiger partial charge in [-0.25, -0.2) is 0 Å². The number of alkyl halides is 1. The van der Waals surface area contributed by atoms with Crippen molar-refractivity contribution in [2.24, 2.45) is 0 Å². The summed E-state index contributed by atoms with van der Waals surface area (Å²) in [6.45, 7) is 2.42. The number of benzene rings is 1. The number of hydrogen-bond acceptors (Lipinski definition) is 1. The SMILES string of the molecule is BrCc1ccc(N2CCCCCC2)cc1Br. The Morgan fingerprint density at radius 3 is 2.31 bits per heavy atom. The summed E-state index contributed by atoms with van der Waals surface area (Å²) in [5, 5.41) is 0.911. The minimum atomic E-state index is 0.911. The lowest BCUT2D eigenvalue weighted by molar-refractivity contribution is 0.726. The van der Waals surface area contributed by atoms with Crippen molar-refractivity contribution in [3.05, 3.63) is 28.2 Å². The summed E-state index contributed by atoms with van der Waals surface area (Å²) in [6, 6.07) is 6.70. The molecule has 0 bridgehead atoms. The highest BCUT2D eigenvalue weighted by molar-refractivity contribution is 9.10. The van der Waals surface area contributed by atoms with Gasteiger partial charge in [-0.15, -0.1) is 0 Å². The van der Waals surface area contributed by atoms with Crippen molar-refractivity contribution < 1.29 is 0 Å². The van der Waals surface area contributed by atoms with Crippen molar-refractivity contribution in [2.45, 2.75) is 31.0 Å². The highest BCUT2D eigenvalue weighted by Crippen LogP contribution is 2.27. The lowest BCUT2D eigenvalue weighted by atomic mass is 10.2. The fraction of sp³-hybridized carbons (Fsp3) is 0.538. The Morgan fingerprint density at radius 2 is 1.75 bits per heavy atom. The molecule has 1 nitrogen and oxygen atoms in total. The summed E-state index contributed by atoms with van der Waals surface area (Å²) in [4.78, 5) is 2.51. The molecule has 0 amide bonds. The van der Waals surface area contributed by atoms with E-state index >= 15 is 0 Å². The van der Waals surface area contributed by atoms with Crippen LogP contribution in [0.3, 0.4) is 0 Å². The Labute approximate surface area is 114 Å². The minimum absolute atomic E-state index is 0.911. The Hall–Kier alpha value is -0.0200. The molecule has 1 fully saturated rings. The van der Waals surface area contributed by atoms with Crippen molar-refractivity contribution in [3.8, 4) is 0 Å². The third kappa shape index (κ3) is 3.01. The molecule has 3 heteroatoms. The molecule has 88 valence electrons. The first kappa shape index (κ1) is 12.4. The summed E-state index contributed by atoms with van der Waals surface area (Å²) < 4.78 is 1.21. The van der Waals surface area contributed by atoms with Crippen LogP contribution in [-0.2, 0) is 5.33 Å². The molecule has 0 aromatic heterocycles. The van der Waals surface area contributed by atoms with Gasteiger partial charge in [-0.3, -0.25) is 0 Å². The van der Waals surface area contributed by atoms with Crippen molar-refractivity contribution >= 4 is 37.5 Å². The van der Waals surface area contributed by atoms with Crippen LogP contribution in [0.25, 0.3) is 0 Å². The van der Waals surface area contributed by atoms with E-state index in [0.29, 0.717) is 0 Å². The molecule has 0 atom stereocenters. The van der Waals surface area contributed by atoms with Crippen molar-refractivity contribution in [1.29, 1.82) is 0 Å². The molecule has 1 aromatic carbocycles. The fourth-order valence-corrected chi connectivity index (χ4v) is 3.54. The molecule has 1 heterocycles. The number of rotatable bonds is 2. The number of hydrogen-bond donors (Lipinski definition) is 0. The first-order valence-corrected chi connectivity index (χ1v) is 7.82. The van der Waals surface area contributed by atoms with Crippen LogP contribution in [0, 0.1) is 0 Å².